The smallest absolute Gasteiger partial charge is 0.130 e. The van der Waals surface area contributed by atoms with E-state index >= 15 is 0 Å². The van der Waals surface area contributed by atoms with Crippen LogP contribution >= 0.6 is 11.8 Å². The largest absolute Gasteiger partial charge is 0.496 e. The molecular formula is C17H22NOS+. The second kappa shape index (κ2) is 6.82. The van der Waals surface area contributed by atoms with Gasteiger partial charge in [-0.15, -0.1) is 0 Å². The van der Waals surface area contributed by atoms with E-state index in [1.165, 1.54) is 10.5 Å². The van der Waals surface area contributed by atoms with Gasteiger partial charge in [-0.1, -0.05) is 42.1 Å². The van der Waals surface area contributed by atoms with Crippen molar-refractivity contribution in [1.82, 2.24) is 0 Å². The molecule has 0 aliphatic rings. The highest BCUT2D eigenvalue weighted by Gasteiger charge is 2.18. The van der Waals surface area contributed by atoms with Gasteiger partial charge in [0.25, 0.3) is 0 Å². The maximum atomic E-state index is 5.44. The van der Waals surface area contributed by atoms with Gasteiger partial charge in [0.2, 0.25) is 0 Å². The molecule has 0 saturated heterocycles. The molecule has 0 bridgehead atoms. The zero-order valence-electron chi connectivity index (χ0n) is 12.4. The Balaban J connectivity index is 2.00. The number of benzene rings is 2. The Bertz CT molecular complexity index is 540. The number of hydrogen-bond acceptors (Lipinski definition) is 2. The van der Waals surface area contributed by atoms with Gasteiger partial charge in [-0.25, -0.2) is 0 Å². The summed E-state index contributed by atoms with van der Waals surface area (Å²) in [4.78, 5) is 1.32. The lowest BCUT2D eigenvalue weighted by molar-refractivity contribution is -0.891. The van der Waals surface area contributed by atoms with Crippen LogP contribution in [-0.2, 0) is 6.54 Å². The molecule has 0 radical (unpaired) electrons. The molecular weight excluding hydrogens is 266 g/mol. The molecule has 0 aliphatic heterocycles. The molecule has 3 heteroatoms. The average Bonchev–Trinajstić information content (AvgIpc) is 2.47. The highest BCUT2D eigenvalue weighted by molar-refractivity contribution is 7.99. The summed E-state index contributed by atoms with van der Waals surface area (Å²) in [6.07, 6.45) is 0. The molecule has 0 heterocycles. The quantitative estimate of drug-likeness (QED) is 0.451. The van der Waals surface area contributed by atoms with Gasteiger partial charge in [0, 0.05) is 10.5 Å². The summed E-state index contributed by atoms with van der Waals surface area (Å²) >= 11 is 1.89. The SMILES string of the molecule is COc1ccccc1C[N+](C)(C)CSc1ccccc1. The molecule has 2 aromatic rings. The summed E-state index contributed by atoms with van der Waals surface area (Å²) in [6.45, 7) is 0.962. The van der Waals surface area contributed by atoms with Gasteiger partial charge in [-0.2, -0.15) is 0 Å². The summed E-state index contributed by atoms with van der Waals surface area (Å²) in [5, 5.41) is 0. The van der Waals surface area contributed by atoms with Crippen LogP contribution < -0.4 is 4.74 Å². The zero-order valence-corrected chi connectivity index (χ0v) is 13.2. The summed E-state index contributed by atoms with van der Waals surface area (Å²) in [5.41, 5.74) is 1.26. The molecule has 0 unspecified atom stereocenters. The highest BCUT2D eigenvalue weighted by atomic mass is 32.2. The van der Waals surface area contributed by atoms with E-state index in [0.29, 0.717) is 0 Å². The lowest BCUT2D eigenvalue weighted by Gasteiger charge is -2.30. The van der Waals surface area contributed by atoms with Crippen LogP contribution in [0.25, 0.3) is 0 Å². The van der Waals surface area contributed by atoms with Crippen molar-refractivity contribution in [3.63, 3.8) is 0 Å². The highest BCUT2D eigenvalue weighted by Crippen LogP contribution is 2.25. The summed E-state index contributed by atoms with van der Waals surface area (Å²) < 4.78 is 6.35. The minimum atomic E-state index is 0.917. The average molecular weight is 288 g/mol. The maximum absolute atomic E-state index is 5.44. The molecule has 0 amide bonds. The number of ether oxygens (including phenoxy) is 1. The Morgan fingerprint density at radius 1 is 0.950 bits per heavy atom. The monoisotopic (exact) mass is 288 g/mol. The van der Waals surface area contributed by atoms with Crippen LogP contribution in [0.15, 0.2) is 59.5 Å². The van der Waals surface area contributed by atoms with Gasteiger partial charge >= 0.3 is 0 Å². The van der Waals surface area contributed by atoms with Crippen LogP contribution in [0.3, 0.4) is 0 Å². The number of hydrogen-bond donors (Lipinski definition) is 0. The third-order valence-electron chi connectivity index (χ3n) is 3.11. The summed E-state index contributed by atoms with van der Waals surface area (Å²) in [5.74, 6) is 2.01. The second-order valence-corrected chi connectivity index (χ2v) is 6.51. The number of methoxy groups -OCH3 is 1. The molecule has 0 fully saturated rings. The molecule has 0 aromatic heterocycles. The first kappa shape index (κ1) is 14.9. The van der Waals surface area contributed by atoms with Crippen LogP contribution in [0.1, 0.15) is 5.56 Å². The number of thioether (sulfide) groups is 1. The van der Waals surface area contributed by atoms with Crippen molar-refractivity contribution < 1.29 is 9.22 Å². The van der Waals surface area contributed by atoms with Crippen molar-refractivity contribution in [2.45, 2.75) is 11.4 Å². The van der Waals surface area contributed by atoms with Gasteiger partial charge < -0.3 is 9.22 Å². The van der Waals surface area contributed by atoms with Crippen molar-refractivity contribution in [3.8, 4) is 5.75 Å². The first-order valence-electron chi connectivity index (χ1n) is 6.72. The molecule has 0 atom stereocenters. The predicted octanol–water partition coefficient (Wildman–Crippen LogP) is 4.02. The number of nitrogens with zero attached hydrogens (tertiary/aromatic N) is 1. The maximum Gasteiger partial charge on any atom is 0.130 e. The molecule has 20 heavy (non-hydrogen) atoms. The second-order valence-electron chi connectivity index (χ2n) is 5.49. The lowest BCUT2D eigenvalue weighted by Crippen LogP contribution is -2.38. The molecule has 0 saturated carbocycles. The normalized spacial score (nSPS) is 11.3. The van der Waals surface area contributed by atoms with Crippen LogP contribution in [0, 0.1) is 0 Å². The molecule has 2 nitrogen and oxygen atoms in total. The molecule has 2 aromatic carbocycles. The standard InChI is InChI=1S/C17H22NOS/c1-18(2,14-20-16-10-5-4-6-11-16)13-15-9-7-8-12-17(15)19-3/h4-12H,13-14H2,1-3H3/q+1. The number of para-hydroxylation sites is 1. The molecule has 2 rings (SSSR count). The number of rotatable bonds is 6. The number of quaternary nitrogens is 1. The van der Waals surface area contributed by atoms with Crippen LogP contribution in [-0.4, -0.2) is 31.6 Å². The Hall–Kier alpha value is -1.45. The van der Waals surface area contributed by atoms with Crippen molar-refractivity contribution in [2.24, 2.45) is 0 Å². The Labute approximate surface area is 126 Å². The minimum absolute atomic E-state index is 0.917. The predicted molar refractivity (Wildman–Crippen MR) is 86.0 cm³/mol. The van der Waals surface area contributed by atoms with Crippen molar-refractivity contribution in [2.75, 3.05) is 27.1 Å². The third kappa shape index (κ3) is 4.29. The van der Waals surface area contributed by atoms with E-state index in [-0.39, 0.29) is 0 Å². The van der Waals surface area contributed by atoms with Gasteiger partial charge in [0.05, 0.1) is 21.2 Å². The third-order valence-corrected chi connectivity index (χ3v) is 4.55. The van der Waals surface area contributed by atoms with Crippen LogP contribution in [0.4, 0.5) is 0 Å². The zero-order chi connectivity index (χ0) is 14.4. The fourth-order valence-corrected chi connectivity index (χ4v) is 3.05. The fraction of sp³-hybridized carbons (Fsp3) is 0.294. The lowest BCUT2D eigenvalue weighted by atomic mass is 10.2. The summed E-state index contributed by atoms with van der Waals surface area (Å²) in [6, 6.07) is 18.8. The van der Waals surface area contributed by atoms with Crippen molar-refractivity contribution in [1.29, 1.82) is 0 Å². The van der Waals surface area contributed by atoms with Gasteiger partial charge in [-0.3, -0.25) is 0 Å². The van der Waals surface area contributed by atoms with Gasteiger partial charge in [0.1, 0.15) is 18.2 Å². The molecule has 106 valence electrons. The van der Waals surface area contributed by atoms with E-state index in [2.05, 4.69) is 56.6 Å². The summed E-state index contributed by atoms with van der Waals surface area (Å²) in [7, 11) is 6.24. The Morgan fingerprint density at radius 3 is 2.30 bits per heavy atom. The first-order valence-corrected chi connectivity index (χ1v) is 7.71. The van der Waals surface area contributed by atoms with Crippen molar-refractivity contribution in [3.05, 3.63) is 60.2 Å². The van der Waals surface area contributed by atoms with E-state index in [4.69, 9.17) is 4.74 Å². The minimum Gasteiger partial charge on any atom is -0.496 e. The molecule has 0 aliphatic carbocycles. The van der Waals surface area contributed by atoms with E-state index in [1.807, 2.05) is 23.9 Å². The topological polar surface area (TPSA) is 9.23 Å². The molecule has 0 spiro atoms. The van der Waals surface area contributed by atoms with Gasteiger partial charge in [-0.05, 0) is 24.3 Å². The molecule has 0 N–H and O–H groups in total. The van der Waals surface area contributed by atoms with Crippen LogP contribution in [0.2, 0.25) is 0 Å². The van der Waals surface area contributed by atoms with Crippen LogP contribution in [0.5, 0.6) is 5.75 Å². The van der Waals surface area contributed by atoms with Crippen molar-refractivity contribution >= 4 is 11.8 Å². The Morgan fingerprint density at radius 2 is 1.60 bits per heavy atom. The first-order chi connectivity index (χ1) is 9.61. The fourth-order valence-electron chi connectivity index (χ4n) is 2.11. The van der Waals surface area contributed by atoms with E-state index in [9.17, 15) is 0 Å². The van der Waals surface area contributed by atoms with E-state index in [0.717, 1.165) is 22.7 Å². The Kier molecular flexibility index (Phi) is 5.10. The van der Waals surface area contributed by atoms with E-state index < -0.39 is 0 Å². The van der Waals surface area contributed by atoms with E-state index in [1.54, 1.807) is 7.11 Å². The van der Waals surface area contributed by atoms with Gasteiger partial charge in [0.15, 0.2) is 0 Å².